The maximum absolute atomic E-state index is 12.8. The molecule has 0 amide bonds. The van der Waals surface area contributed by atoms with Gasteiger partial charge in [0.15, 0.2) is 6.04 Å². The summed E-state index contributed by atoms with van der Waals surface area (Å²) in [5.74, 6) is -3.13. The number of carboxylic acid groups (broad SMARTS) is 1. The Hall–Kier alpha value is -2.36. The van der Waals surface area contributed by atoms with E-state index in [0.29, 0.717) is 5.69 Å². The number of alkyl halides is 3. The first-order chi connectivity index (χ1) is 10.1. The van der Waals surface area contributed by atoms with Gasteiger partial charge >= 0.3 is 12.1 Å². The molecule has 22 heavy (non-hydrogen) atoms. The van der Waals surface area contributed by atoms with Gasteiger partial charge in [0, 0.05) is 5.69 Å². The quantitative estimate of drug-likeness (QED) is 0.680. The summed E-state index contributed by atoms with van der Waals surface area (Å²) in [5.41, 5.74) is 0.465. The van der Waals surface area contributed by atoms with Gasteiger partial charge in [-0.1, -0.05) is 0 Å². The summed E-state index contributed by atoms with van der Waals surface area (Å²) in [6.45, 7) is 2.82. The Balaban J connectivity index is 2.57. The van der Waals surface area contributed by atoms with Crippen LogP contribution in [0.2, 0.25) is 0 Å². The molecule has 2 atom stereocenters. The lowest BCUT2D eigenvalue weighted by atomic mass is 10.2. The Morgan fingerprint density at radius 2 is 2.05 bits per heavy atom. The maximum Gasteiger partial charge on any atom is 0.451 e. The van der Waals surface area contributed by atoms with Gasteiger partial charge in [0.1, 0.15) is 11.5 Å². The van der Waals surface area contributed by atoms with Gasteiger partial charge in [-0.25, -0.2) is 14.8 Å². The molecule has 10 heteroatoms. The lowest BCUT2D eigenvalue weighted by Gasteiger charge is -2.18. The number of aliphatic hydroxyl groups is 1. The summed E-state index contributed by atoms with van der Waals surface area (Å²) in [4.78, 5) is 20.4. The van der Waals surface area contributed by atoms with Gasteiger partial charge in [0.05, 0.1) is 11.5 Å². The summed E-state index contributed by atoms with van der Waals surface area (Å²) >= 11 is 0. The second-order valence-corrected chi connectivity index (χ2v) is 4.81. The number of aliphatic hydroxyl groups excluding tert-OH is 1. The Morgan fingerprint density at radius 1 is 1.41 bits per heavy atom. The molecule has 0 aliphatic carbocycles. The van der Waals surface area contributed by atoms with Crippen molar-refractivity contribution in [3.63, 3.8) is 0 Å². The number of carboxylic acids is 1. The fourth-order valence-electron chi connectivity index (χ4n) is 1.91. The predicted octanol–water partition coefficient (Wildman–Crippen LogP) is 1.53. The SMILES string of the molecule is Cc1cc2c(NC(C(=O)O)C(C)O)nc(C(F)(F)F)nc2[nH]1. The molecule has 2 aromatic rings. The van der Waals surface area contributed by atoms with Crippen LogP contribution in [-0.4, -0.2) is 43.3 Å². The number of nitrogens with one attached hydrogen (secondary N) is 2. The van der Waals surface area contributed by atoms with E-state index in [4.69, 9.17) is 5.11 Å². The van der Waals surface area contributed by atoms with Crippen molar-refractivity contribution >= 4 is 22.8 Å². The second kappa shape index (κ2) is 5.44. The molecule has 0 aliphatic rings. The summed E-state index contributed by atoms with van der Waals surface area (Å²) in [6, 6.07) is -0.0203. The van der Waals surface area contributed by atoms with E-state index in [-0.39, 0.29) is 16.9 Å². The highest BCUT2D eigenvalue weighted by Crippen LogP contribution is 2.30. The molecule has 0 bridgehead atoms. The van der Waals surface area contributed by atoms with Crippen LogP contribution < -0.4 is 5.32 Å². The van der Waals surface area contributed by atoms with Crippen molar-refractivity contribution in [1.29, 1.82) is 0 Å². The Kier molecular flexibility index (Phi) is 3.96. The molecule has 2 unspecified atom stereocenters. The maximum atomic E-state index is 12.8. The zero-order chi connectivity index (χ0) is 16.7. The monoisotopic (exact) mass is 318 g/mol. The van der Waals surface area contributed by atoms with Gasteiger partial charge in [-0.2, -0.15) is 13.2 Å². The molecule has 0 saturated heterocycles. The van der Waals surface area contributed by atoms with E-state index in [1.165, 1.54) is 13.0 Å². The van der Waals surface area contributed by atoms with E-state index >= 15 is 0 Å². The number of nitrogens with zero attached hydrogens (tertiary/aromatic N) is 2. The van der Waals surface area contributed by atoms with Gasteiger partial charge < -0.3 is 20.5 Å². The van der Waals surface area contributed by atoms with Gasteiger partial charge in [-0.3, -0.25) is 0 Å². The van der Waals surface area contributed by atoms with E-state index in [9.17, 15) is 23.1 Å². The molecule has 4 N–H and O–H groups in total. The van der Waals surface area contributed by atoms with E-state index < -0.39 is 30.1 Å². The topological polar surface area (TPSA) is 111 Å². The molecule has 0 aliphatic heterocycles. The second-order valence-electron chi connectivity index (χ2n) is 4.81. The molecular weight excluding hydrogens is 305 g/mol. The molecule has 120 valence electrons. The first-order valence-electron chi connectivity index (χ1n) is 6.21. The van der Waals surface area contributed by atoms with Crippen LogP contribution in [0.3, 0.4) is 0 Å². The Bertz CT molecular complexity index is 711. The number of hydrogen-bond acceptors (Lipinski definition) is 5. The highest BCUT2D eigenvalue weighted by molar-refractivity contribution is 5.90. The highest BCUT2D eigenvalue weighted by atomic mass is 19.4. The third kappa shape index (κ3) is 3.11. The Morgan fingerprint density at radius 3 is 2.55 bits per heavy atom. The minimum Gasteiger partial charge on any atom is -0.480 e. The number of aromatic amines is 1. The number of H-pyrrole nitrogens is 1. The minimum atomic E-state index is -4.78. The summed E-state index contributed by atoms with van der Waals surface area (Å²) in [7, 11) is 0. The summed E-state index contributed by atoms with van der Waals surface area (Å²) in [5, 5.41) is 21.0. The third-order valence-electron chi connectivity index (χ3n) is 2.92. The number of rotatable bonds is 4. The van der Waals surface area contributed by atoms with Crippen LogP contribution in [0.15, 0.2) is 6.07 Å². The average molecular weight is 318 g/mol. The molecule has 2 rings (SSSR count). The number of aliphatic carboxylic acids is 1. The molecule has 0 spiro atoms. The van der Waals surface area contributed by atoms with E-state index in [1.54, 1.807) is 6.92 Å². The first-order valence-corrected chi connectivity index (χ1v) is 6.21. The zero-order valence-corrected chi connectivity index (χ0v) is 11.6. The number of fused-ring (bicyclic) bond motifs is 1. The van der Waals surface area contributed by atoms with Gasteiger partial charge in [0.2, 0.25) is 5.82 Å². The van der Waals surface area contributed by atoms with Crippen LogP contribution in [0.5, 0.6) is 0 Å². The van der Waals surface area contributed by atoms with Crippen molar-refractivity contribution in [1.82, 2.24) is 15.0 Å². The van der Waals surface area contributed by atoms with Crippen molar-refractivity contribution in [3.05, 3.63) is 17.6 Å². The number of carbonyl (C=O) groups is 1. The smallest absolute Gasteiger partial charge is 0.451 e. The van der Waals surface area contributed by atoms with Gasteiger partial charge in [-0.05, 0) is 19.9 Å². The molecule has 2 heterocycles. The highest BCUT2D eigenvalue weighted by Gasteiger charge is 2.36. The molecule has 0 fully saturated rings. The van der Waals surface area contributed by atoms with E-state index in [2.05, 4.69) is 20.3 Å². The van der Waals surface area contributed by atoms with E-state index in [1.807, 2.05) is 0 Å². The van der Waals surface area contributed by atoms with Crippen LogP contribution in [0, 0.1) is 6.92 Å². The van der Waals surface area contributed by atoms with Crippen molar-refractivity contribution in [2.45, 2.75) is 32.2 Å². The molecule has 2 aromatic heterocycles. The predicted molar refractivity (Wildman–Crippen MR) is 70.4 cm³/mol. The standard InChI is InChI=1S/C12H13F3N4O3/c1-4-3-6-8(16-4)18-11(12(13,14)15)19-9(6)17-7(5(2)20)10(21)22/h3,5,7,20H,1-2H3,(H,21,22)(H2,16,17,18,19). The summed E-state index contributed by atoms with van der Waals surface area (Å²) < 4.78 is 38.5. The van der Waals surface area contributed by atoms with Crippen molar-refractivity contribution in [2.24, 2.45) is 0 Å². The number of halogens is 3. The van der Waals surface area contributed by atoms with Gasteiger partial charge in [-0.15, -0.1) is 0 Å². The van der Waals surface area contributed by atoms with Crippen LogP contribution in [0.1, 0.15) is 18.4 Å². The lowest BCUT2D eigenvalue weighted by molar-refractivity contribution is -0.144. The first kappa shape index (κ1) is 16.0. The number of aromatic nitrogens is 3. The van der Waals surface area contributed by atoms with Crippen molar-refractivity contribution < 1.29 is 28.2 Å². The third-order valence-corrected chi connectivity index (χ3v) is 2.92. The zero-order valence-electron chi connectivity index (χ0n) is 11.6. The van der Waals surface area contributed by atoms with Crippen molar-refractivity contribution in [3.8, 4) is 0 Å². The molecule has 0 radical (unpaired) electrons. The van der Waals surface area contributed by atoms with Crippen LogP contribution in [0.4, 0.5) is 19.0 Å². The lowest BCUT2D eigenvalue weighted by Crippen LogP contribution is -2.39. The fraction of sp³-hybridized carbons (Fsp3) is 0.417. The number of hydrogen-bond donors (Lipinski definition) is 4. The largest absolute Gasteiger partial charge is 0.480 e. The van der Waals surface area contributed by atoms with Crippen molar-refractivity contribution in [2.75, 3.05) is 5.32 Å². The van der Waals surface area contributed by atoms with Crippen LogP contribution in [0.25, 0.3) is 11.0 Å². The average Bonchev–Trinajstić information content (AvgIpc) is 2.73. The van der Waals surface area contributed by atoms with Crippen LogP contribution in [-0.2, 0) is 11.0 Å². The fourth-order valence-corrected chi connectivity index (χ4v) is 1.91. The number of anilines is 1. The van der Waals surface area contributed by atoms with Crippen LogP contribution >= 0.6 is 0 Å². The number of aryl methyl sites for hydroxylation is 1. The minimum absolute atomic E-state index is 0.0722. The normalized spacial score (nSPS) is 14.8. The Labute approximate surface area is 122 Å². The van der Waals surface area contributed by atoms with Gasteiger partial charge in [0.25, 0.3) is 0 Å². The molecular formula is C12H13F3N4O3. The van der Waals surface area contributed by atoms with E-state index in [0.717, 1.165) is 0 Å². The molecule has 0 aromatic carbocycles. The summed E-state index contributed by atoms with van der Waals surface area (Å²) in [6.07, 6.45) is -6.12. The molecule has 0 saturated carbocycles. The molecule has 7 nitrogen and oxygen atoms in total.